The quantitative estimate of drug-likeness (QED) is 0.504. The largest absolute Gasteiger partial charge is 0.465 e. The highest BCUT2D eigenvalue weighted by molar-refractivity contribution is 5.87. The minimum Gasteiger partial charge on any atom is -0.465 e. The molecule has 0 spiro atoms. The van der Waals surface area contributed by atoms with Crippen molar-refractivity contribution in [3.05, 3.63) is 69.3 Å². The fraction of sp³-hybridized carbons (Fsp3) is 0.0625. The van der Waals surface area contributed by atoms with E-state index in [-0.39, 0.29) is 11.4 Å². The fourth-order valence-corrected chi connectivity index (χ4v) is 1.86. The van der Waals surface area contributed by atoms with Crippen molar-refractivity contribution in [2.45, 2.75) is 6.92 Å². The average Bonchev–Trinajstić information content (AvgIpc) is 2.46. The summed E-state index contributed by atoms with van der Waals surface area (Å²) >= 11 is 0. The van der Waals surface area contributed by atoms with E-state index < -0.39 is 11.0 Å². The number of carboxylic acid groups (broad SMARTS) is 1. The van der Waals surface area contributed by atoms with Crippen LogP contribution in [0.2, 0.25) is 0 Å². The number of hydrogen-bond donors (Lipinski definition) is 2. The van der Waals surface area contributed by atoms with E-state index in [1.54, 1.807) is 6.92 Å². The smallest absolute Gasteiger partial charge is 0.409 e. The van der Waals surface area contributed by atoms with Crippen molar-refractivity contribution in [2.24, 2.45) is 0 Å². The zero-order valence-electron chi connectivity index (χ0n) is 11.7. The molecular weight excluding hydrogens is 284 g/mol. The average molecular weight is 296 g/mol. The van der Waals surface area contributed by atoms with Gasteiger partial charge in [0.05, 0.1) is 4.92 Å². The molecule has 0 radical (unpaired) electrons. The first-order valence-electron chi connectivity index (χ1n) is 6.33. The van der Waals surface area contributed by atoms with Crippen molar-refractivity contribution < 1.29 is 14.8 Å². The Morgan fingerprint density at radius 3 is 2.50 bits per heavy atom. The van der Waals surface area contributed by atoms with Crippen molar-refractivity contribution >= 4 is 17.5 Å². The van der Waals surface area contributed by atoms with E-state index in [2.05, 4.69) is 11.8 Å². The molecule has 0 heterocycles. The number of benzene rings is 2. The maximum atomic E-state index is 11.1. The second-order valence-corrected chi connectivity index (χ2v) is 4.49. The van der Waals surface area contributed by atoms with E-state index in [1.165, 1.54) is 12.1 Å². The lowest BCUT2D eigenvalue weighted by atomic mass is 10.1. The van der Waals surface area contributed by atoms with Gasteiger partial charge in [-0.15, -0.1) is 0 Å². The Bertz CT molecular complexity index is 789. The van der Waals surface area contributed by atoms with Gasteiger partial charge in [0.15, 0.2) is 0 Å². The summed E-state index contributed by atoms with van der Waals surface area (Å²) in [6, 6.07) is 11.9. The second kappa shape index (κ2) is 6.41. The van der Waals surface area contributed by atoms with Crippen LogP contribution in [0.5, 0.6) is 0 Å². The first-order chi connectivity index (χ1) is 10.5. The minimum absolute atomic E-state index is 0.0692. The monoisotopic (exact) mass is 296 g/mol. The van der Waals surface area contributed by atoms with Gasteiger partial charge in [-0.2, -0.15) is 0 Å². The maximum Gasteiger partial charge on any atom is 0.409 e. The zero-order chi connectivity index (χ0) is 16.1. The topological polar surface area (TPSA) is 92.5 Å². The molecule has 0 saturated carbocycles. The van der Waals surface area contributed by atoms with E-state index in [0.29, 0.717) is 11.1 Å². The Morgan fingerprint density at radius 2 is 1.91 bits per heavy atom. The van der Waals surface area contributed by atoms with Crippen molar-refractivity contribution in [1.29, 1.82) is 0 Å². The number of rotatable bonds is 2. The number of aryl methyl sites for hydroxylation is 1. The first-order valence-corrected chi connectivity index (χ1v) is 6.33. The van der Waals surface area contributed by atoms with Gasteiger partial charge in [-0.1, -0.05) is 30.0 Å². The van der Waals surface area contributed by atoms with Crippen LogP contribution in [-0.2, 0) is 0 Å². The summed E-state index contributed by atoms with van der Waals surface area (Å²) in [5.41, 5.74) is 1.52. The Labute approximate surface area is 126 Å². The van der Waals surface area contributed by atoms with E-state index in [1.807, 2.05) is 35.6 Å². The highest BCUT2D eigenvalue weighted by Crippen LogP contribution is 2.28. The highest BCUT2D eigenvalue weighted by atomic mass is 16.6. The summed E-state index contributed by atoms with van der Waals surface area (Å²) in [6.45, 7) is 1.71. The van der Waals surface area contributed by atoms with Crippen LogP contribution in [0.15, 0.2) is 42.5 Å². The van der Waals surface area contributed by atoms with Crippen LogP contribution in [0.25, 0.3) is 0 Å². The van der Waals surface area contributed by atoms with Crippen molar-refractivity contribution in [1.82, 2.24) is 0 Å². The van der Waals surface area contributed by atoms with Crippen LogP contribution < -0.4 is 5.32 Å². The van der Waals surface area contributed by atoms with Gasteiger partial charge in [-0.05, 0) is 30.7 Å². The summed E-state index contributed by atoms with van der Waals surface area (Å²) < 4.78 is 0. The van der Waals surface area contributed by atoms with Crippen molar-refractivity contribution in [3.8, 4) is 11.8 Å². The summed E-state index contributed by atoms with van der Waals surface area (Å²) in [5, 5.41) is 21.8. The summed E-state index contributed by atoms with van der Waals surface area (Å²) in [7, 11) is 0. The summed E-state index contributed by atoms with van der Waals surface area (Å²) in [6.07, 6.45) is -1.36. The third kappa shape index (κ3) is 3.61. The molecule has 110 valence electrons. The number of amides is 1. The lowest BCUT2D eigenvalue weighted by Gasteiger charge is -2.05. The van der Waals surface area contributed by atoms with Crippen LogP contribution >= 0.6 is 0 Å². The maximum absolute atomic E-state index is 11.1. The van der Waals surface area contributed by atoms with Gasteiger partial charge in [-0.25, -0.2) is 4.79 Å². The number of nitrogens with one attached hydrogen (secondary N) is 1. The molecule has 0 fully saturated rings. The van der Waals surface area contributed by atoms with Gasteiger partial charge in [0.1, 0.15) is 5.69 Å². The van der Waals surface area contributed by atoms with E-state index >= 15 is 0 Å². The summed E-state index contributed by atoms with van der Waals surface area (Å²) in [5.74, 6) is 5.79. The Balaban J connectivity index is 2.46. The number of hydrogen-bond acceptors (Lipinski definition) is 3. The lowest BCUT2D eigenvalue weighted by Crippen LogP contribution is -2.09. The molecule has 0 aliphatic rings. The molecule has 2 N–H and O–H groups in total. The van der Waals surface area contributed by atoms with Crippen molar-refractivity contribution in [2.75, 3.05) is 5.32 Å². The molecule has 0 aliphatic heterocycles. The standard InChI is InChI=1S/C16H12N2O4/c1-11-9-14(17-16(19)20)15(18(21)22)10-13(11)8-7-12-5-3-2-4-6-12/h2-6,9-10,17H,1H3,(H,19,20). The molecule has 6 nitrogen and oxygen atoms in total. The predicted octanol–water partition coefficient (Wildman–Crippen LogP) is 3.39. The SMILES string of the molecule is Cc1cc(NC(=O)O)c([N+](=O)[O-])cc1C#Cc1ccccc1. The number of nitrogens with zero attached hydrogens (tertiary/aromatic N) is 1. The Hall–Kier alpha value is -3.33. The molecule has 0 unspecified atom stereocenters. The Morgan fingerprint density at radius 1 is 1.23 bits per heavy atom. The molecule has 2 aromatic carbocycles. The van der Waals surface area contributed by atoms with E-state index in [0.717, 1.165) is 5.56 Å². The molecule has 2 aromatic rings. The van der Waals surface area contributed by atoms with Gasteiger partial charge >= 0.3 is 6.09 Å². The van der Waals surface area contributed by atoms with Crippen LogP contribution in [0.3, 0.4) is 0 Å². The Kier molecular flexibility index (Phi) is 4.39. The number of anilines is 1. The normalized spacial score (nSPS) is 9.50. The third-order valence-electron chi connectivity index (χ3n) is 2.90. The molecular formula is C16H12N2O4. The molecule has 0 saturated heterocycles. The lowest BCUT2D eigenvalue weighted by molar-refractivity contribution is -0.384. The predicted molar refractivity (Wildman–Crippen MR) is 81.9 cm³/mol. The van der Waals surface area contributed by atoms with Gasteiger partial charge in [0.2, 0.25) is 0 Å². The van der Waals surface area contributed by atoms with Crippen LogP contribution in [0.4, 0.5) is 16.2 Å². The molecule has 6 heteroatoms. The van der Waals surface area contributed by atoms with E-state index in [9.17, 15) is 14.9 Å². The van der Waals surface area contributed by atoms with Crippen LogP contribution in [0, 0.1) is 28.9 Å². The minimum atomic E-state index is -1.36. The number of nitro groups is 1. The van der Waals surface area contributed by atoms with Gasteiger partial charge in [0.25, 0.3) is 5.69 Å². The molecule has 0 bridgehead atoms. The molecule has 0 aromatic heterocycles. The second-order valence-electron chi connectivity index (χ2n) is 4.49. The summed E-state index contributed by atoms with van der Waals surface area (Å²) in [4.78, 5) is 21.1. The highest BCUT2D eigenvalue weighted by Gasteiger charge is 2.17. The van der Waals surface area contributed by atoms with Gasteiger partial charge < -0.3 is 5.11 Å². The molecule has 0 aliphatic carbocycles. The number of nitro benzene ring substituents is 1. The molecule has 0 atom stereocenters. The molecule has 2 rings (SSSR count). The zero-order valence-corrected chi connectivity index (χ0v) is 11.7. The third-order valence-corrected chi connectivity index (χ3v) is 2.90. The van der Waals surface area contributed by atoms with Gasteiger partial charge in [0, 0.05) is 17.2 Å². The van der Waals surface area contributed by atoms with Crippen LogP contribution in [-0.4, -0.2) is 16.1 Å². The first kappa shape index (κ1) is 15.1. The van der Waals surface area contributed by atoms with Crippen molar-refractivity contribution in [3.63, 3.8) is 0 Å². The molecule has 22 heavy (non-hydrogen) atoms. The van der Waals surface area contributed by atoms with Gasteiger partial charge in [-0.3, -0.25) is 15.4 Å². The fourth-order valence-electron chi connectivity index (χ4n) is 1.86. The molecule has 1 amide bonds. The number of carbonyl (C=O) groups is 1. The van der Waals surface area contributed by atoms with E-state index in [4.69, 9.17) is 5.11 Å². The van der Waals surface area contributed by atoms with Crippen LogP contribution in [0.1, 0.15) is 16.7 Å².